The molecule has 3 aromatic rings. The fourth-order valence-electron chi connectivity index (χ4n) is 4.65. The van der Waals surface area contributed by atoms with Crippen LogP contribution in [-0.4, -0.2) is 47.8 Å². The van der Waals surface area contributed by atoms with E-state index in [1.54, 1.807) is 31.4 Å². The molecule has 3 heterocycles. The van der Waals surface area contributed by atoms with Crippen LogP contribution in [-0.2, 0) is 6.42 Å². The van der Waals surface area contributed by atoms with Crippen LogP contribution >= 0.6 is 0 Å². The topological polar surface area (TPSA) is 80.7 Å². The van der Waals surface area contributed by atoms with Crippen molar-refractivity contribution in [2.75, 3.05) is 20.1 Å². The highest BCUT2D eigenvalue weighted by molar-refractivity contribution is 5.95. The number of hydrogen-bond donors (Lipinski definition) is 0. The van der Waals surface area contributed by atoms with Gasteiger partial charge in [0.05, 0.1) is 17.4 Å². The largest absolute Gasteiger partial charge is 0.619 e. The van der Waals surface area contributed by atoms with Gasteiger partial charge in [0.1, 0.15) is 5.76 Å². The van der Waals surface area contributed by atoms with Gasteiger partial charge in [-0.1, -0.05) is 30.3 Å². The smallest absolute Gasteiger partial charge is 0.257 e. The number of amides is 2. The van der Waals surface area contributed by atoms with E-state index in [1.807, 2.05) is 35.0 Å². The number of carbonyl (C=O) groups is 2. The lowest BCUT2D eigenvalue weighted by atomic mass is 9.84. The van der Waals surface area contributed by atoms with Crippen LogP contribution in [0.1, 0.15) is 44.9 Å². The molecule has 0 radical (unpaired) electrons. The normalized spacial score (nSPS) is 15.3. The van der Waals surface area contributed by atoms with E-state index in [1.165, 1.54) is 18.0 Å². The minimum Gasteiger partial charge on any atom is -0.619 e. The molecule has 2 aromatic heterocycles. The van der Waals surface area contributed by atoms with Gasteiger partial charge in [-0.15, -0.1) is 0 Å². The summed E-state index contributed by atoms with van der Waals surface area (Å²) in [7, 11) is 1.86. The van der Waals surface area contributed by atoms with Gasteiger partial charge in [0.15, 0.2) is 12.4 Å². The molecule has 1 aromatic carbocycles. The van der Waals surface area contributed by atoms with Crippen LogP contribution in [0, 0.1) is 18.0 Å². The van der Waals surface area contributed by atoms with Crippen LogP contribution in [0.5, 0.6) is 0 Å². The Morgan fingerprint density at radius 2 is 1.79 bits per heavy atom. The third kappa shape index (κ3) is 5.08. The van der Waals surface area contributed by atoms with Crippen LogP contribution in [0.25, 0.3) is 0 Å². The number of benzene rings is 1. The van der Waals surface area contributed by atoms with Gasteiger partial charge in [-0.3, -0.25) is 9.59 Å². The lowest BCUT2D eigenvalue weighted by Crippen LogP contribution is -2.48. The summed E-state index contributed by atoms with van der Waals surface area (Å²) in [6.45, 7) is 3.04. The molecule has 0 N–H and O–H groups in total. The quantitative estimate of drug-likeness (QED) is 0.428. The van der Waals surface area contributed by atoms with Gasteiger partial charge in [-0.2, -0.15) is 4.73 Å². The monoisotopic (exact) mass is 447 g/mol. The molecular formula is C26H29N3O4. The van der Waals surface area contributed by atoms with Crippen molar-refractivity contribution >= 4 is 11.8 Å². The number of aryl methyl sites for hydroxylation is 1. The molecule has 1 atom stereocenters. The molecule has 33 heavy (non-hydrogen) atoms. The standard InChI is InChI=1S/C26H29N3O4/c1-19-23(12-17-33-19)26(31)27(2)24(18-20-6-4-3-5-7-20)21-8-13-28(14-9-21)25(30)22-10-15-29(32)16-11-22/h3-7,10-12,15-17,21,24H,8-9,13-14,18H2,1-2H3/t24-/m0/s1. The van der Waals surface area contributed by atoms with E-state index < -0.39 is 0 Å². The van der Waals surface area contributed by atoms with Crippen molar-refractivity contribution in [3.63, 3.8) is 0 Å². The van der Waals surface area contributed by atoms with Crippen LogP contribution in [0.4, 0.5) is 0 Å². The molecule has 2 amide bonds. The maximum Gasteiger partial charge on any atom is 0.257 e. The molecule has 1 saturated heterocycles. The van der Waals surface area contributed by atoms with E-state index >= 15 is 0 Å². The van der Waals surface area contributed by atoms with Crippen molar-refractivity contribution < 1.29 is 18.7 Å². The number of likely N-dealkylation sites (tertiary alicyclic amines) is 1. The molecular weight excluding hydrogens is 418 g/mol. The van der Waals surface area contributed by atoms with E-state index in [-0.39, 0.29) is 23.8 Å². The van der Waals surface area contributed by atoms with Gasteiger partial charge < -0.3 is 19.4 Å². The predicted octanol–water partition coefficient (Wildman–Crippen LogP) is 3.46. The van der Waals surface area contributed by atoms with Gasteiger partial charge in [0.25, 0.3) is 11.8 Å². The fraction of sp³-hybridized carbons (Fsp3) is 0.346. The number of furan rings is 1. The van der Waals surface area contributed by atoms with E-state index in [4.69, 9.17) is 4.42 Å². The molecule has 0 unspecified atom stereocenters. The first kappa shape index (κ1) is 22.6. The average molecular weight is 448 g/mol. The molecule has 0 spiro atoms. The number of likely N-dealkylation sites (N-methyl/N-ethyl adjacent to an activating group) is 1. The highest BCUT2D eigenvalue weighted by Gasteiger charge is 2.34. The maximum absolute atomic E-state index is 13.3. The number of nitrogens with zero attached hydrogens (tertiary/aromatic N) is 3. The highest BCUT2D eigenvalue weighted by Crippen LogP contribution is 2.28. The Kier molecular flexibility index (Phi) is 6.77. The maximum atomic E-state index is 13.3. The summed E-state index contributed by atoms with van der Waals surface area (Å²) in [5, 5.41) is 11.3. The molecule has 0 bridgehead atoms. The minimum atomic E-state index is -0.0629. The number of rotatable bonds is 6. The van der Waals surface area contributed by atoms with E-state index in [2.05, 4.69) is 12.1 Å². The van der Waals surface area contributed by atoms with Gasteiger partial charge >= 0.3 is 0 Å². The molecule has 7 heteroatoms. The third-order valence-corrected chi connectivity index (χ3v) is 6.61. The molecule has 7 nitrogen and oxygen atoms in total. The molecule has 0 aliphatic carbocycles. The molecule has 1 fully saturated rings. The summed E-state index contributed by atoms with van der Waals surface area (Å²) in [4.78, 5) is 29.8. The Morgan fingerprint density at radius 1 is 1.12 bits per heavy atom. The minimum absolute atomic E-state index is 0.00241. The first-order valence-electron chi connectivity index (χ1n) is 11.3. The van der Waals surface area contributed by atoms with Crippen molar-refractivity contribution in [1.82, 2.24) is 9.80 Å². The van der Waals surface area contributed by atoms with E-state index in [0.717, 1.165) is 19.3 Å². The summed E-state index contributed by atoms with van der Waals surface area (Å²) in [6, 6.07) is 15.0. The van der Waals surface area contributed by atoms with Crippen molar-refractivity contribution in [3.05, 3.63) is 94.8 Å². The van der Waals surface area contributed by atoms with Crippen molar-refractivity contribution in [3.8, 4) is 0 Å². The van der Waals surface area contributed by atoms with Crippen molar-refractivity contribution in [1.29, 1.82) is 0 Å². The zero-order valence-corrected chi connectivity index (χ0v) is 19.0. The zero-order valence-electron chi connectivity index (χ0n) is 19.0. The second kappa shape index (κ2) is 9.90. The Morgan fingerprint density at radius 3 is 2.39 bits per heavy atom. The van der Waals surface area contributed by atoms with E-state index in [9.17, 15) is 14.8 Å². The zero-order chi connectivity index (χ0) is 23.4. The Balaban J connectivity index is 1.49. The summed E-state index contributed by atoms with van der Waals surface area (Å²) >= 11 is 0. The molecule has 1 aliphatic rings. The van der Waals surface area contributed by atoms with Gasteiger partial charge in [0.2, 0.25) is 0 Å². The highest BCUT2D eigenvalue weighted by atomic mass is 16.5. The molecule has 0 saturated carbocycles. The number of carbonyl (C=O) groups excluding carboxylic acids is 2. The second-order valence-electron chi connectivity index (χ2n) is 8.64. The Labute approximate surface area is 193 Å². The summed E-state index contributed by atoms with van der Waals surface area (Å²) < 4.78 is 6.03. The Bertz CT molecular complexity index is 1090. The summed E-state index contributed by atoms with van der Waals surface area (Å²) in [6.07, 6.45) is 6.59. The van der Waals surface area contributed by atoms with Gasteiger partial charge in [-0.25, -0.2) is 0 Å². The van der Waals surface area contributed by atoms with Crippen molar-refractivity contribution in [2.24, 2.45) is 5.92 Å². The van der Waals surface area contributed by atoms with Gasteiger partial charge in [-0.05, 0) is 43.7 Å². The predicted molar refractivity (Wildman–Crippen MR) is 124 cm³/mol. The number of aromatic nitrogens is 1. The fourth-order valence-corrected chi connectivity index (χ4v) is 4.65. The third-order valence-electron chi connectivity index (χ3n) is 6.61. The first-order chi connectivity index (χ1) is 15.9. The van der Waals surface area contributed by atoms with E-state index in [0.29, 0.717) is 34.7 Å². The number of hydrogen-bond acceptors (Lipinski definition) is 4. The lowest BCUT2D eigenvalue weighted by Gasteiger charge is -2.40. The van der Waals surface area contributed by atoms with Gasteiger partial charge in [0, 0.05) is 38.3 Å². The number of piperidine rings is 1. The molecule has 4 rings (SSSR count). The Hall–Kier alpha value is -3.61. The van der Waals surface area contributed by atoms with Crippen LogP contribution < -0.4 is 4.73 Å². The number of pyridine rings is 1. The molecule has 1 aliphatic heterocycles. The lowest BCUT2D eigenvalue weighted by molar-refractivity contribution is -0.605. The SMILES string of the molecule is Cc1occc1C(=O)N(C)[C@@H](Cc1ccccc1)C1CCN(C(=O)c2cc[n+]([O-])cc2)CC1. The van der Waals surface area contributed by atoms with Crippen LogP contribution in [0.3, 0.4) is 0 Å². The summed E-state index contributed by atoms with van der Waals surface area (Å²) in [5.74, 6) is 0.769. The van der Waals surface area contributed by atoms with Crippen LogP contribution in [0.15, 0.2) is 71.6 Å². The first-order valence-corrected chi connectivity index (χ1v) is 11.3. The molecule has 172 valence electrons. The van der Waals surface area contributed by atoms with Crippen molar-refractivity contribution in [2.45, 2.75) is 32.2 Å². The van der Waals surface area contributed by atoms with Crippen LogP contribution in [0.2, 0.25) is 0 Å². The average Bonchev–Trinajstić information content (AvgIpc) is 3.28. The summed E-state index contributed by atoms with van der Waals surface area (Å²) in [5.41, 5.74) is 2.28. The second-order valence-corrected chi connectivity index (χ2v) is 8.64.